The van der Waals surface area contributed by atoms with E-state index in [1.54, 1.807) is 6.20 Å². The Labute approximate surface area is 140 Å². The maximum atomic E-state index is 13.2. The molecule has 1 aromatic carbocycles. The number of carbonyl (C=O) groups excluding carboxylic acids is 1. The van der Waals surface area contributed by atoms with Gasteiger partial charge < -0.3 is 4.90 Å². The van der Waals surface area contributed by atoms with Crippen LogP contribution in [0.5, 0.6) is 0 Å². The van der Waals surface area contributed by atoms with Crippen LogP contribution in [0, 0.1) is 6.92 Å². The van der Waals surface area contributed by atoms with Gasteiger partial charge in [-0.15, -0.1) is 0 Å². The Morgan fingerprint density at radius 2 is 2.12 bits per heavy atom. The summed E-state index contributed by atoms with van der Waals surface area (Å²) in [5, 5.41) is 13.4. The molecule has 1 atom stereocenters. The molecule has 0 N–H and O–H groups in total. The van der Waals surface area contributed by atoms with Crippen LogP contribution < -0.4 is 0 Å². The topological polar surface area (TPSA) is 63.9 Å². The van der Waals surface area contributed by atoms with Crippen molar-refractivity contribution >= 4 is 16.8 Å². The highest BCUT2D eigenvalue weighted by Crippen LogP contribution is 2.35. The highest BCUT2D eigenvalue weighted by atomic mass is 16.2. The Balaban J connectivity index is 1.74. The molecule has 1 aliphatic heterocycles. The van der Waals surface area contributed by atoms with Crippen LogP contribution in [0.3, 0.4) is 0 Å². The molecule has 122 valence electrons. The molecule has 2 aromatic heterocycles. The van der Waals surface area contributed by atoms with Crippen molar-refractivity contribution in [3.63, 3.8) is 0 Å². The van der Waals surface area contributed by atoms with E-state index < -0.39 is 0 Å². The molecule has 0 radical (unpaired) electrons. The van der Waals surface area contributed by atoms with Gasteiger partial charge in [-0.2, -0.15) is 15.3 Å². The Kier molecular flexibility index (Phi) is 3.52. The molecule has 1 saturated heterocycles. The Morgan fingerprint density at radius 3 is 2.92 bits per heavy atom. The highest BCUT2D eigenvalue weighted by Gasteiger charge is 2.33. The van der Waals surface area contributed by atoms with Gasteiger partial charge in [0.1, 0.15) is 0 Å². The zero-order valence-electron chi connectivity index (χ0n) is 13.8. The van der Waals surface area contributed by atoms with Crippen LogP contribution in [0.1, 0.15) is 40.5 Å². The maximum Gasteiger partial charge on any atom is 0.256 e. The van der Waals surface area contributed by atoms with Crippen molar-refractivity contribution in [1.82, 2.24) is 24.9 Å². The molecule has 4 rings (SSSR count). The van der Waals surface area contributed by atoms with Gasteiger partial charge in [0.05, 0.1) is 29.0 Å². The van der Waals surface area contributed by atoms with Gasteiger partial charge in [-0.05, 0) is 25.8 Å². The summed E-state index contributed by atoms with van der Waals surface area (Å²) in [6, 6.07) is 7.72. The van der Waals surface area contributed by atoms with Crippen LogP contribution >= 0.6 is 0 Å². The monoisotopic (exact) mass is 321 g/mol. The lowest BCUT2D eigenvalue weighted by Gasteiger charge is -2.25. The van der Waals surface area contributed by atoms with Crippen LogP contribution in [-0.4, -0.2) is 37.3 Å². The third kappa shape index (κ3) is 2.35. The third-order valence-corrected chi connectivity index (χ3v) is 4.70. The second-order valence-electron chi connectivity index (χ2n) is 6.28. The summed E-state index contributed by atoms with van der Waals surface area (Å²) in [4.78, 5) is 15.1. The van der Waals surface area contributed by atoms with E-state index in [1.807, 2.05) is 54.0 Å². The van der Waals surface area contributed by atoms with E-state index in [9.17, 15) is 4.79 Å². The van der Waals surface area contributed by atoms with Crippen LogP contribution in [0.2, 0.25) is 0 Å². The summed E-state index contributed by atoms with van der Waals surface area (Å²) in [5.74, 6) is 0.0202. The van der Waals surface area contributed by atoms with Gasteiger partial charge in [-0.1, -0.05) is 18.2 Å². The molecule has 0 bridgehead atoms. The summed E-state index contributed by atoms with van der Waals surface area (Å²) in [5.41, 5.74) is 3.49. The number of likely N-dealkylation sites (tertiary alicyclic amines) is 1. The van der Waals surface area contributed by atoms with E-state index in [-0.39, 0.29) is 11.9 Å². The number of aryl methyl sites for hydroxylation is 2. The number of fused-ring (bicyclic) bond motifs is 1. The van der Waals surface area contributed by atoms with Gasteiger partial charge in [0.25, 0.3) is 5.91 Å². The van der Waals surface area contributed by atoms with Crippen LogP contribution in [0.15, 0.2) is 36.7 Å². The Hall–Kier alpha value is -2.76. The van der Waals surface area contributed by atoms with E-state index >= 15 is 0 Å². The molecule has 24 heavy (non-hydrogen) atoms. The molecular formula is C18H19N5O. The molecule has 1 fully saturated rings. The first-order chi connectivity index (χ1) is 11.6. The normalized spacial score (nSPS) is 17.6. The lowest BCUT2D eigenvalue weighted by atomic mass is 10.0. The second kappa shape index (κ2) is 5.70. The number of nitrogens with zero attached hydrogens (tertiary/aromatic N) is 5. The highest BCUT2D eigenvalue weighted by molar-refractivity contribution is 6.05. The SMILES string of the molecule is Cc1nn(C)cc1C1CCCN1C(=O)c1cnnc2ccccc12. The van der Waals surface area contributed by atoms with E-state index in [0.717, 1.165) is 41.5 Å². The minimum absolute atomic E-state index is 0.0202. The van der Waals surface area contributed by atoms with Crippen molar-refractivity contribution in [2.75, 3.05) is 6.54 Å². The molecule has 0 spiro atoms. The van der Waals surface area contributed by atoms with Crippen LogP contribution in [-0.2, 0) is 7.05 Å². The molecule has 6 heteroatoms. The number of benzene rings is 1. The smallest absolute Gasteiger partial charge is 0.256 e. The molecule has 1 unspecified atom stereocenters. The first-order valence-electron chi connectivity index (χ1n) is 8.16. The third-order valence-electron chi connectivity index (χ3n) is 4.70. The van der Waals surface area contributed by atoms with Crippen molar-refractivity contribution in [1.29, 1.82) is 0 Å². The quantitative estimate of drug-likeness (QED) is 0.728. The zero-order chi connectivity index (χ0) is 16.7. The largest absolute Gasteiger partial charge is 0.331 e. The molecule has 0 saturated carbocycles. The zero-order valence-corrected chi connectivity index (χ0v) is 13.8. The number of hydrogen-bond acceptors (Lipinski definition) is 4. The van der Waals surface area contributed by atoms with E-state index in [4.69, 9.17) is 0 Å². The van der Waals surface area contributed by atoms with Gasteiger partial charge in [-0.25, -0.2) is 0 Å². The summed E-state index contributed by atoms with van der Waals surface area (Å²) >= 11 is 0. The minimum atomic E-state index is 0.0202. The van der Waals surface area contributed by atoms with Crippen LogP contribution in [0.4, 0.5) is 0 Å². The number of amides is 1. The fraction of sp³-hybridized carbons (Fsp3) is 0.333. The van der Waals surface area contributed by atoms with Gasteiger partial charge in [0, 0.05) is 30.7 Å². The standard InChI is InChI=1S/C18H19N5O/c1-12-15(11-22(2)21-12)17-8-5-9-23(17)18(24)14-10-19-20-16-7-4-3-6-13(14)16/h3-4,6-7,10-11,17H,5,8-9H2,1-2H3. The van der Waals surface area contributed by atoms with E-state index in [2.05, 4.69) is 15.3 Å². The minimum Gasteiger partial charge on any atom is -0.331 e. The molecule has 0 aliphatic carbocycles. The van der Waals surface area contributed by atoms with Crippen molar-refractivity contribution in [2.24, 2.45) is 7.05 Å². The predicted molar refractivity (Wildman–Crippen MR) is 90.5 cm³/mol. The molecule has 3 aromatic rings. The Morgan fingerprint density at radius 1 is 1.29 bits per heavy atom. The average molecular weight is 321 g/mol. The molecule has 1 aliphatic rings. The molecular weight excluding hydrogens is 302 g/mol. The van der Waals surface area contributed by atoms with Crippen molar-refractivity contribution in [2.45, 2.75) is 25.8 Å². The average Bonchev–Trinajstić information content (AvgIpc) is 3.19. The van der Waals surface area contributed by atoms with Gasteiger partial charge >= 0.3 is 0 Å². The number of aromatic nitrogens is 4. The van der Waals surface area contributed by atoms with E-state index in [1.165, 1.54) is 0 Å². The van der Waals surface area contributed by atoms with Crippen molar-refractivity contribution in [3.8, 4) is 0 Å². The van der Waals surface area contributed by atoms with Gasteiger partial charge in [0.2, 0.25) is 0 Å². The second-order valence-corrected chi connectivity index (χ2v) is 6.28. The summed E-state index contributed by atoms with van der Waals surface area (Å²) in [7, 11) is 1.91. The van der Waals surface area contributed by atoms with Gasteiger partial charge in [0.15, 0.2) is 0 Å². The Bertz CT molecular complexity index is 911. The number of hydrogen-bond donors (Lipinski definition) is 0. The van der Waals surface area contributed by atoms with Crippen molar-refractivity contribution in [3.05, 3.63) is 53.5 Å². The number of carbonyl (C=O) groups is 1. The van der Waals surface area contributed by atoms with Gasteiger partial charge in [-0.3, -0.25) is 9.48 Å². The fourth-order valence-corrected chi connectivity index (χ4v) is 3.61. The summed E-state index contributed by atoms with van der Waals surface area (Å²) in [6.07, 6.45) is 5.57. The molecule has 3 heterocycles. The summed E-state index contributed by atoms with van der Waals surface area (Å²) in [6.45, 7) is 2.76. The number of rotatable bonds is 2. The first-order valence-corrected chi connectivity index (χ1v) is 8.16. The van der Waals surface area contributed by atoms with Crippen LogP contribution in [0.25, 0.3) is 10.9 Å². The van der Waals surface area contributed by atoms with E-state index in [0.29, 0.717) is 5.56 Å². The lowest BCUT2D eigenvalue weighted by Crippen LogP contribution is -2.31. The maximum absolute atomic E-state index is 13.2. The summed E-state index contributed by atoms with van der Waals surface area (Å²) < 4.78 is 1.81. The first kappa shape index (κ1) is 14.8. The molecule has 6 nitrogen and oxygen atoms in total. The van der Waals surface area contributed by atoms with Crippen molar-refractivity contribution < 1.29 is 4.79 Å². The predicted octanol–water partition coefficient (Wildman–Crippen LogP) is 2.65. The molecule has 1 amide bonds. The fourth-order valence-electron chi connectivity index (χ4n) is 3.61. The lowest BCUT2D eigenvalue weighted by molar-refractivity contribution is 0.0737.